The Kier molecular flexibility index (Phi) is 3.51. The Morgan fingerprint density at radius 2 is 2.19 bits per heavy atom. The minimum Gasteiger partial charge on any atom is -0.422 e. The molecular weight excluding hydrogens is 342 g/mol. The average molecular weight is 346 g/mol. The first-order valence-corrected chi connectivity index (χ1v) is 7.58. The Bertz CT molecular complexity index is 654. The van der Waals surface area contributed by atoms with Crippen LogP contribution in [0.3, 0.4) is 0 Å². The molecule has 0 spiro atoms. The summed E-state index contributed by atoms with van der Waals surface area (Å²) in [6, 6.07) is 5.64. The molecule has 1 aromatic carbocycles. The van der Waals surface area contributed by atoms with Crippen LogP contribution in [-0.4, -0.2) is 0 Å². The van der Waals surface area contributed by atoms with E-state index in [9.17, 15) is 9.18 Å². The third kappa shape index (κ3) is 2.39. The van der Waals surface area contributed by atoms with Crippen molar-refractivity contribution in [3.63, 3.8) is 0 Å². The fraction of sp³-hybridized carbons (Fsp3) is 0. The van der Waals surface area contributed by atoms with E-state index in [2.05, 4.69) is 11.2 Å². The van der Waals surface area contributed by atoms with Gasteiger partial charge in [-0.05, 0) is 38.3 Å². The molecule has 2 nitrogen and oxygen atoms in total. The van der Waals surface area contributed by atoms with Gasteiger partial charge >= 0.3 is 5.63 Å². The first-order chi connectivity index (χ1) is 7.70. The summed E-state index contributed by atoms with van der Waals surface area (Å²) < 4.78 is 17.8. The maximum Gasteiger partial charge on any atom is 0.352 e. The van der Waals surface area contributed by atoms with Crippen molar-refractivity contribution in [3.05, 3.63) is 46.1 Å². The minimum absolute atomic E-state index is 0.234. The highest BCUT2D eigenvalue weighted by Gasteiger charge is 2.03. The lowest BCUT2D eigenvalue weighted by Crippen LogP contribution is -2.03. The third-order valence-corrected chi connectivity index (χ3v) is 2.76. The first kappa shape index (κ1) is 11.5. The molecule has 5 heteroatoms. The second-order valence-electron chi connectivity index (χ2n) is 2.93. The molecule has 0 aliphatic heterocycles. The molecule has 0 amide bonds. The van der Waals surface area contributed by atoms with Gasteiger partial charge in [-0.1, -0.05) is 0 Å². The van der Waals surface area contributed by atoms with E-state index < -0.39 is 11.4 Å². The van der Waals surface area contributed by atoms with E-state index in [1.807, 2.05) is 21.2 Å². The maximum atomic E-state index is 12.9. The maximum absolute atomic E-state index is 12.9. The fourth-order valence-corrected chi connectivity index (χ4v) is 1.73. The monoisotopic (exact) mass is 346 g/mol. The topological polar surface area (TPSA) is 30.2 Å². The molecule has 0 aliphatic carbocycles. The molecule has 0 unspecified atom stereocenters. The quantitative estimate of drug-likeness (QED) is 0.417. The number of hydrogen-bond acceptors (Lipinski definition) is 3. The van der Waals surface area contributed by atoms with Crippen LogP contribution in [0.1, 0.15) is 5.56 Å². The van der Waals surface area contributed by atoms with Crippen molar-refractivity contribution >= 4 is 41.1 Å². The Hall–Kier alpha value is -1.000. The molecule has 0 bridgehead atoms. The number of halogens is 2. The summed E-state index contributed by atoms with van der Waals surface area (Å²) in [5.41, 5.74) is -0.0306. The molecule has 0 atom stereocenters. The predicted molar refractivity (Wildman–Crippen MR) is 70.9 cm³/mol. The first-order valence-electron chi connectivity index (χ1n) is 4.23. The van der Waals surface area contributed by atoms with Crippen LogP contribution in [0.4, 0.5) is 4.39 Å². The number of fused-ring (bicyclic) bond motifs is 1. The summed E-state index contributed by atoms with van der Waals surface area (Å²) in [4.78, 5) is 11.4. The van der Waals surface area contributed by atoms with Crippen LogP contribution in [0.5, 0.6) is 0 Å². The lowest BCUT2D eigenvalue weighted by atomic mass is 10.2. The number of hydrogen-bond donors (Lipinski definition) is 0. The van der Waals surface area contributed by atoms with Crippen LogP contribution >= 0.6 is 30.1 Å². The lowest BCUT2D eigenvalue weighted by Gasteiger charge is -1.96. The van der Waals surface area contributed by atoms with Crippen molar-refractivity contribution in [1.82, 2.24) is 0 Å². The second kappa shape index (κ2) is 4.89. The molecule has 0 N–H and O–H groups in total. The van der Waals surface area contributed by atoms with Gasteiger partial charge in [-0.3, -0.25) is 0 Å². The van der Waals surface area contributed by atoms with Crippen molar-refractivity contribution in [2.45, 2.75) is 0 Å². The van der Waals surface area contributed by atoms with Crippen LogP contribution in [0.2, 0.25) is 0 Å². The van der Waals surface area contributed by atoms with Gasteiger partial charge in [-0.15, -0.1) is 0 Å². The summed E-state index contributed by atoms with van der Waals surface area (Å²) in [6.45, 7) is 0. The third-order valence-electron chi connectivity index (χ3n) is 1.92. The van der Waals surface area contributed by atoms with Gasteiger partial charge in [0.05, 0.1) is 0 Å². The molecule has 0 fully saturated rings. The van der Waals surface area contributed by atoms with Gasteiger partial charge in [-0.2, -0.15) is 0 Å². The smallest absolute Gasteiger partial charge is 0.352 e. The van der Waals surface area contributed by atoms with Gasteiger partial charge in [-0.25, -0.2) is 9.18 Å². The number of benzene rings is 1. The van der Waals surface area contributed by atoms with E-state index in [1.165, 1.54) is 21.1 Å². The Morgan fingerprint density at radius 3 is 2.94 bits per heavy atom. The molecule has 0 radical (unpaired) electrons. The van der Waals surface area contributed by atoms with Gasteiger partial charge in [0, 0.05) is 32.7 Å². The standard InChI is InChI=1S/C11H4FIO2S/c12-9-2-1-7-5-8(3-4-16-13)11(14)15-10(7)6-9/h1-2,5-6H. The van der Waals surface area contributed by atoms with Gasteiger partial charge in [0.1, 0.15) is 17.0 Å². The van der Waals surface area contributed by atoms with Crippen LogP contribution in [0.25, 0.3) is 11.0 Å². The number of rotatable bonds is 0. The highest BCUT2D eigenvalue weighted by molar-refractivity contribution is 14.2. The van der Waals surface area contributed by atoms with Gasteiger partial charge in [0.15, 0.2) is 0 Å². The summed E-state index contributed by atoms with van der Waals surface area (Å²) >= 11 is 2.01. The van der Waals surface area contributed by atoms with E-state index in [1.54, 1.807) is 12.1 Å². The molecule has 2 rings (SSSR count). The highest BCUT2D eigenvalue weighted by atomic mass is 127. The average Bonchev–Trinajstić information content (AvgIpc) is 2.26. The lowest BCUT2D eigenvalue weighted by molar-refractivity contribution is 0.552. The van der Waals surface area contributed by atoms with Crippen molar-refractivity contribution < 1.29 is 8.81 Å². The van der Waals surface area contributed by atoms with Gasteiger partial charge in [0.25, 0.3) is 0 Å². The molecule has 0 saturated carbocycles. The minimum atomic E-state index is -0.545. The SMILES string of the molecule is O=c1oc2cc(F)ccc2cc1C#CSI. The van der Waals surface area contributed by atoms with E-state index >= 15 is 0 Å². The van der Waals surface area contributed by atoms with Crippen LogP contribution in [0, 0.1) is 17.0 Å². The van der Waals surface area contributed by atoms with Gasteiger partial charge in [0.2, 0.25) is 0 Å². The molecule has 0 saturated heterocycles. The van der Waals surface area contributed by atoms with Gasteiger partial charge < -0.3 is 4.42 Å². The van der Waals surface area contributed by atoms with E-state index in [0.29, 0.717) is 5.39 Å². The summed E-state index contributed by atoms with van der Waals surface area (Å²) in [7, 11) is 1.28. The highest BCUT2D eigenvalue weighted by Crippen LogP contribution is 2.15. The molecule has 1 heterocycles. The van der Waals surface area contributed by atoms with Crippen LogP contribution in [0.15, 0.2) is 33.5 Å². The summed E-state index contributed by atoms with van der Waals surface area (Å²) in [5, 5.41) is 3.36. The zero-order valence-corrected chi connectivity index (χ0v) is 10.8. The zero-order valence-electron chi connectivity index (χ0n) is 7.79. The van der Waals surface area contributed by atoms with E-state index in [0.717, 1.165) is 0 Å². The second-order valence-corrected chi connectivity index (χ2v) is 4.61. The van der Waals surface area contributed by atoms with Crippen molar-refractivity contribution in [1.29, 1.82) is 0 Å². The van der Waals surface area contributed by atoms with Crippen molar-refractivity contribution in [2.75, 3.05) is 0 Å². The molecule has 2 aromatic rings. The largest absolute Gasteiger partial charge is 0.422 e. The Labute approximate surface area is 107 Å². The fourth-order valence-electron chi connectivity index (χ4n) is 1.25. The van der Waals surface area contributed by atoms with E-state index in [-0.39, 0.29) is 11.1 Å². The molecule has 80 valence electrons. The summed E-state index contributed by atoms with van der Waals surface area (Å²) in [5.74, 6) is 2.24. The molecule has 16 heavy (non-hydrogen) atoms. The summed E-state index contributed by atoms with van der Waals surface area (Å²) in [6.07, 6.45) is 0. The predicted octanol–water partition coefficient (Wildman–Crippen LogP) is 3.32. The molecular formula is C11H4FIO2S. The molecule has 1 aromatic heterocycles. The normalized spacial score (nSPS) is 9.88. The van der Waals surface area contributed by atoms with Crippen molar-refractivity contribution in [3.8, 4) is 11.2 Å². The van der Waals surface area contributed by atoms with Crippen molar-refractivity contribution in [2.24, 2.45) is 0 Å². The molecule has 0 aliphatic rings. The van der Waals surface area contributed by atoms with E-state index in [4.69, 9.17) is 4.42 Å². The van der Waals surface area contributed by atoms with Crippen LogP contribution in [-0.2, 0) is 0 Å². The zero-order chi connectivity index (χ0) is 11.5. The Morgan fingerprint density at radius 1 is 1.38 bits per heavy atom. The van der Waals surface area contributed by atoms with Crippen LogP contribution < -0.4 is 5.63 Å². The Balaban J connectivity index is 2.67.